The van der Waals surface area contributed by atoms with Crippen molar-refractivity contribution in [1.29, 1.82) is 0 Å². The normalized spacial score (nSPS) is 11.9. The van der Waals surface area contributed by atoms with Crippen LogP contribution in [0.1, 0.15) is 30.1 Å². The first-order valence-corrected chi connectivity index (χ1v) is 6.23. The Kier molecular flexibility index (Phi) is 5.72. The van der Waals surface area contributed by atoms with Crippen LogP contribution in [0.4, 0.5) is 5.69 Å². The van der Waals surface area contributed by atoms with Gasteiger partial charge in [-0.1, -0.05) is 18.5 Å². The minimum absolute atomic E-state index is 0.0141. The molecule has 7 heteroatoms. The van der Waals surface area contributed by atoms with E-state index in [9.17, 15) is 14.9 Å². The number of carbonyl (C=O) groups is 1. The van der Waals surface area contributed by atoms with Crippen LogP contribution in [-0.4, -0.2) is 28.6 Å². The third-order valence-corrected chi connectivity index (χ3v) is 3.01. The number of amides is 1. The molecule has 104 valence electrons. The number of aliphatic hydroxyl groups excluding tert-OH is 1. The van der Waals surface area contributed by atoms with Gasteiger partial charge in [-0.3, -0.25) is 14.9 Å². The average molecular weight is 287 g/mol. The zero-order valence-electron chi connectivity index (χ0n) is 10.4. The van der Waals surface area contributed by atoms with Gasteiger partial charge in [0.1, 0.15) is 5.02 Å². The summed E-state index contributed by atoms with van der Waals surface area (Å²) < 4.78 is 0. The molecule has 0 aromatic heterocycles. The van der Waals surface area contributed by atoms with Gasteiger partial charge in [0.2, 0.25) is 0 Å². The van der Waals surface area contributed by atoms with Gasteiger partial charge in [0, 0.05) is 24.3 Å². The highest BCUT2D eigenvalue weighted by molar-refractivity contribution is 6.33. The molecule has 0 aliphatic rings. The van der Waals surface area contributed by atoms with Gasteiger partial charge in [0.05, 0.1) is 4.92 Å². The standard InChI is InChI=1S/C12H15ClN2O4/c1-2-9(5-6-16)14-12(17)8-3-4-11(15(18)19)10(13)7-8/h3-4,7,9,16H,2,5-6H2,1H3,(H,14,17). The van der Waals surface area contributed by atoms with Crippen LogP contribution in [0.25, 0.3) is 0 Å². The highest BCUT2D eigenvalue weighted by Crippen LogP contribution is 2.24. The molecule has 0 spiro atoms. The number of nitro groups is 1. The number of nitrogens with one attached hydrogen (secondary N) is 1. The van der Waals surface area contributed by atoms with Gasteiger partial charge in [-0.2, -0.15) is 0 Å². The zero-order chi connectivity index (χ0) is 14.4. The van der Waals surface area contributed by atoms with Crippen LogP contribution in [0.15, 0.2) is 18.2 Å². The number of aliphatic hydroxyl groups is 1. The molecule has 0 bridgehead atoms. The lowest BCUT2D eigenvalue weighted by molar-refractivity contribution is -0.384. The summed E-state index contributed by atoms with van der Waals surface area (Å²) in [6.07, 6.45) is 1.15. The Morgan fingerprint density at radius 1 is 1.58 bits per heavy atom. The topological polar surface area (TPSA) is 92.5 Å². The van der Waals surface area contributed by atoms with Gasteiger partial charge in [-0.15, -0.1) is 0 Å². The molecular formula is C12H15ClN2O4. The molecule has 2 N–H and O–H groups in total. The number of nitro benzene ring substituents is 1. The highest BCUT2D eigenvalue weighted by Gasteiger charge is 2.17. The molecule has 6 nitrogen and oxygen atoms in total. The van der Waals surface area contributed by atoms with Crippen molar-refractivity contribution < 1.29 is 14.8 Å². The fourth-order valence-corrected chi connectivity index (χ4v) is 1.85. The Balaban J connectivity index is 2.83. The summed E-state index contributed by atoms with van der Waals surface area (Å²) in [5.74, 6) is -0.364. The third kappa shape index (κ3) is 4.18. The molecule has 19 heavy (non-hydrogen) atoms. The van der Waals surface area contributed by atoms with E-state index in [1.165, 1.54) is 18.2 Å². The monoisotopic (exact) mass is 286 g/mol. The molecule has 1 aromatic carbocycles. The lowest BCUT2D eigenvalue weighted by Gasteiger charge is -2.15. The van der Waals surface area contributed by atoms with Crippen LogP contribution in [0, 0.1) is 10.1 Å². The van der Waals surface area contributed by atoms with Crippen LogP contribution < -0.4 is 5.32 Å². The summed E-state index contributed by atoms with van der Waals surface area (Å²) in [5.41, 5.74) is 0.0209. The Morgan fingerprint density at radius 2 is 2.26 bits per heavy atom. The zero-order valence-corrected chi connectivity index (χ0v) is 11.2. The molecule has 1 rings (SSSR count). The second-order valence-corrected chi connectivity index (χ2v) is 4.42. The van der Waals surface area contributed by atoms with Crippen LogP contribution >= 0.6 is 11.6 Å². The molecule has 0 fully saturated rings. The molecule has 0 aliphatic heterocycles. The van der Waals surface area contributed by atoms with Gasteiger partial charge in [-0.05, 0) is 25.0 Å². The summed E-state index contributed by atoms with van der Waals surface area (Å²) in [6.45, 7) is 1.88. The van der Waals surface area contributed by atoms with E-state index >= 15 is 0 Å². The van der Waals surface area contributed by atoms with Crippen LogP contribution in [-0.2, 0) is 0 Å². The fraction of sp³-hybridized carbons (Fsp3) is 0.417. The second-order valence-electron chi connectivity index (χ2n) is 4.01. The predicted octanol–water partition coefficient (Wildman–Crippen LogP) is 2.14. The molecule has 0 heterocycles. The van der Waals surface area contributed by atoms with E-state index in [-0.39, 0.29) is 34.8 Å². The molecule has 0 radical (unpaired) electrons. The number of benzene rings is 1. The SMILES string of the molecule is CCC(CCO)NC(=O)c1ccc([N+](=O)[O-])c(Cl)c1. The lowest BCUT2D eigenvalue weighted by atomic mass is 10.1. The van der Waals surface area contributed by atoms with E-state index in [1.54, 1.807) is 0 Å². The van der Waals surface area contributed by atoms with Crippen LogP contribution in [0.5, 0.6) is 0 Å². The van der Waals surface area contributed by atoms with E-state index in [0.29, 0.717) is 12.8 Å². The van der Waals surface area contributed by atoms with Crippen molar-refractivity contribution in [3.05, 3.63) is 38.9 Å². The molecular weight excluding hydrogens is 272 g/mol. The maximum atomic E-state index is 11.9. The highest BCUT2D eigenvalue weighted by atomic mass is 35.5. The molecule has 1 aromatic rings. The molecule has 1 amide bonds. The predicted molar refractivity (Wildman–Crippen MR) is 71.4 cm³/mol. The van der Waals surface area contributed by atoms with Crippen molar-refractivity contribution in [3.8, 4) is 0 Å². The first kappa shape index (κ1) is 15.4. The first-order valence-electron chi connectivity index (χ1n) is 5.85. The van der Waals surface area contributed by atoms with Gasteiger partial charge in [0.25, 0.3) is 11.6 Å². The third-order valence-electron chi connectivity index (χ3n) is 2.71. The first-order chi connectivity index (χ1) is 8.99. The molecule has 0 aliphatic carbocycles. The van der Waals surface area contributed by atoms with Gasteiger partial charge in [-0.25, -0.2) is 0 Å². The van der Waals surface area contributed by atoms with Crippen molar-refractivity contribution in [1.82, 2.24) is 5.32 Å². The molecule has 1 unspecified atom stereocenters. The summed E-state index contributed by atoms with van der Waals surface area (Å²) in [7, 11) is 0. The summed E-state index contributed by atoms with van der Waals surface area (Å²) >= 11 is 5.74. The largest absolute Gasteiger partial charge is 0.396 e. The van der Waals surface area contributed by atoms with E-state index < -0.39 is 4.92 Å². The maximum absolute atomic E-state index is 11.9. The second kappa shape index (κ2) is 7.06. The van der Waals surface area contributed by atoms with E-state index in [2.05, 4.69) is 5.32 Å². The lowest BCUT2D eigenvalue weighted by Crippen LogP contribution is -2.35. The summed E-state index contributed by atoms with van der Waals surface area (Å²) in [4.78, 5) is 21.9. The Bertz CT molecular complexity index is 479. The number of halogens is 1. The fourth-order valence-electron chi connectivity index (χ4n) is 1.60. The minimum Gasteiger partial charge on any atom is -0.396 e. The number of rotatable bonds is 6. The molecule has 0 saturated carbocycles. The van der Waals surface area contributed by atoms with Crippen LogP contribution in [0.2, 0.25) is 5.02 Å². The molecule has 0 saturated heterocycles. The summed E-state index contributed by atoms with van der Waals surface area (Å²) in [6, 6.07) is 3.68. The minimum atomic E-state index is -0.607. The Morgan fingerprint density at radius 3 is 2.74 bits per heavy atom. The Labute approximate surface area is 115 Å². The Hall–Kier alpha value is -1.66. The smallest absolute Gasteiger partial charge is 0.287 e. The number of carbonyl (C=O) groups excluding carboxylic acids is 1. The quantitative estimate of drug-likeness (QED) is 0.619. The van der Waals surface area contributed by atoms with Crippen molar-refractivity contribution >= 4 is 23.2 Å². The maximum Gasteiger partial charge on any atom is 0.287 e. The van der Waals surface area contributed by atoms with Gasteiger partial charge in [0.15, 0.2) is 0 Å². The van der Waals surface area contributed by atoms with Gasteiger partial charge < -0.3 is 10.4 Å². The number of nitrogens with zero attached hydrogens (tertiary/aromatic N) is 1. The van der Waals surface area contributed by atoms with Crippen LogP contribution in [0.3, 0.4) is 0 Å². The van der Waals surface area contributed by atoms with Gasteiger partial charge >= 0.3 is 0 Å². The van der Waals surface area contributed by atoms with Crippen molar-refractivity contribution in [2.24, 2.45) is 0 Å². The molecule has 1 atom stereocenters. The average Bonchev–Trinajstić information content (AvgIpc) is 2.37. The van der Waals surface area contributed by atoms with Crippen molar-refractivity contribution in [2.75, 3.05) is 6.61 Å². The van der Waals surface area contributed by atoms with Crippen molar-refractivity contribution in [3.63, 3.8) is 0 Å². The van der Waals surface area contributed by atoms with E-state index in [1.807, 2.05) is 6.92 Å². The van der Waals surface area contributed by atoms with E-state index in [0.717, 1.165) is 0 Å². The number of hydrogen-bond donors (Lipinski definition) is 2. The van der Waals surface area contributed by atoms with Crippen molar-refractivity contribution in [2.45, 2.75) is 25.8 Å². The number of hydrogen-bond acceptors (Lipinski definition) is 4. The summed E-state index contributed by atoms with van der Waals surface area (Å²) in [5, 5.41) is 22.1. The van der Waals surface area contributed by atoms with E-state index in [4.69, 9.17) is 16.7 Å².